The minimum atomic E-state index is -0.666. The molecule has 1 aliphatic rings. The molecule has 0 radical (unpaired) electrons. The number of Topliss-reactive ketones (excluding diaryl/α,β-unsaturated/α-hetero) is 1. The van der Waals surface area contributed by atoms with Crippen molar-refractivity contribution in [3.05, 3.63) is 0 Å². The van der Waals surface area contributed by atoms with E-state index in [9.17, 15) is 9.59 Å². The van der Waals surface area contributed by atoms with Gasteiger partial charge >= 0.3 is 5.97 Å². The molecule has 0 spiro atoms. The number of hydrogen-bond donors (Lipinski definition) is 0. The largest absolute Gasteiger partial charge is 0.469 e. The predicted octanol–water partition coefficient (Wildman–Crippen LogP) is 0.882. The lowest BCUT2D eigenvalue weighted by Crippen LogP contribution is -2.43. The number of rotatable bonds is 6. The monoisotopic (exact) mass is 260 g/mol. The number of methoxy groups -OCH3 is 2. The van der Waals surface area contributed by atoms with E-state index < -0.39 is 12.4 Å². The maximum absolute atomic E-state index is 11.8. The molecule has 104 valence electrons. The molecule has 18 heavy (non-hydrogen) atoms. The van der Waals surface area contributed by atoms with Crippen molar-refractivity contribution in [1.82, 2.24) is 0 Å². The smallest absolute Gasteiger partial charge is 0.313 e. The molecule has 0 saturated carbocycles. The van der Waals surface area contributed by atoms with Crippen LogP contribution in [0.2, 0.25) is 0 Å². The van der Waals surface area contributed by atoms with Crippen LogP contribution in [0.15, 0.2) is 0 Å². The van der Waals surface area contributed by atoms with Crippen molar-refractivity contribution < 1.29 is 28.5 Å². The van der Waals surface area contributed by atoms with E-state index in [1.807, 2.05) is 6.92 Å². The van der Waals surface area contributed by atoms with Crippen LogP contribution in [0.1, 0.15) is 26.2 Å². The Labute approximate surface area is 107 Å². The minimum Gasteiger partial charge on any atom is -0.469 e. The first kappa shape index (κ1) is 15.1. The predicted molar refractivity (Wildman–Crippen MR) is 61.7 cm³/mol. The quantitative estimate of drug-likeness (QED) is 0.521. The molecule has 0 atom stereocenters. The molecule has 0 N–H and O–H groups in total. The highest BCUT2D eigenvalue weighted by atomic mass is 16.8. The molecule has 0 aromatic carbocycles. The Balaban J connectivity index is 2.51. The molecule has 1 aliphatic heterocycles. The summed E-state index contributed by atoms with van der Waals surface area (Å²) >= 11 is 0. The SMILES string of the molecule is CCC1(CC(=O)CC(=O)OC)COC(OC)OC1. The number of ether oxygens (including phenoxy) is 4. The van der Waals surface area contributed by atoms with Gasteiger partial charge in [0.15, 0.2) is 0 Å². The number of hydrogen-bond acceptors (Lipinski definition) is 6. The first-order valence-electron chi connectivity index (χ1n) is 5.90. The summed E-state index contributed by atoms with van der Waals surface area (Å²) in [5, 5.41) is 0. The highest BCUT2D eigenvalue weighted by Crippen LogP contribution is 2.32. The highest BCUT2D eigenvalue weighted by molar-refractivity contribution is 5.95. The zero-order chi connectivity index (χ0) is 13.6. The number of ketones is 1. The summed E-state index contributed by atoms with van der Waals surface area (Å²) in [6, 6.07) is 0. The molecule has 6 heteroatoms. The van der Waals surface area contributed by atoms with Crippen LogP contribution in [-0.2, 0) is 28.5 Å². The second-order valence-corrected chi connectivity index (χ2v) is 4.47. The molecule has 0 aromatic heterocycles. The van der Waals surface area contributed by atoms with E-state index in [0.29, 0.717) is 13.2 Å². The Morgan fingerprint density at radius 2 is 1.89 bits per heavy atom. The summed E-state index contributed by atoms with van der Waals surface area (Å²) in [6.07, 6.45) is 0.775. The van der Waals surface area contributed by atoms with E-state index in [0.717, 1.165) is 6.42 Å². The Morgan fingerprint density at radius 3 is 2.33 bits per heavy atom. The average Bonchev–Trinajstić information content (AvgIpc) is 2.39. The Bertz CT molecular complexity index is 293. The van der Waals surface area contributed by atoms with Gasteiger partial charge in [-0.3, -0.25) is 9.59 Å². The minimum absolute atomic E-state index is 0.160. The van der Waals surface area contributed by atoms with E-state index in [2.05, 4.69) is 4.74 Å². The van der Waals surface area contributed by atoms with Crippen LogP contribution < -0.4 is 0 Å². The molecule has 6 nitrogen and oxygen atoms in total. The van der Waals surface area contributed by atoms with Gasteiger partial charge in [0.2, 0.25) is 0 Å². The summed E-state index contributed by atoms with van der Waals surface area (Å²) in [5.74, 6) is -0.676. The number of carbonyl (C=O) groups excluding carboxylic acids is 2. The standard InChI is InChI=1S/C12H20O6/c1-4-12(6-9(13)5-10(14)15-2)7-17-11(16-3)18-8-12/h11H,4-8H2,1-3H3. The lowest BCUT2D eigenvalue weighted by atomic mass is 9.81. The van der Waals surface area contributed by atoms with Gasteiger partial charge in [-0.15, -0.1) is 0 Å². The van der Waals surface area contributed by atoms with Gasteiger partial charge in [0.05, 0.1) is 20.3 Å². The third kappa shape index (κ3) is 4.04. The first-order valence-corrected chi connectivity index (χ1v) is 5.90. The molecule has 1 fully saturated rings. The van der Waals surface area contributed by atoms with Gasteiger partial charge < -0.3 is 18.9 Å². The maximum atomic E-state index is 11.8. The maximum Gasteiger partial charge on any atom is 0.313 e. The molecule has 0 aliphatic carbocycles. The van der Waals surface area contributed by atoms with Crippen LogP contribution in [0.25, 0.3) is 0 Å². The van der Waals surface area contributed by atoms with Crippen LogP contribution >= 0.6 is 0 Å². The topological polar surface area (TPSA) is 71.1 Å². The van der Waals surface area contributed by atoms with E-state index in [1.165, 1.54) is 14.2 Å². The van der Waals surface area contributed by atoms with Gasteiger partial charge in [-0.25, -0.2) is 0 Å². The zero-order valence-corrected chi connectivity index (χ0v) is 11.1. The van der Waals surface area contributed by atoms with Crippen LogP contribution in [0, 0.1) is 5.41 Å². The normalized spacial score (nSPS) is 27.8. The fourth-order valence-corrected chi connectivity index (χ4v) is 1.86. The van der Waals surface area contributed by atoms with Gasteiger partial charge in [-0.05, 0) is 6.42 Å². The summed E-state index contributed by atoms with van der Waals surface area (Å²) in [7, 11) is 2.76. The molecule has 0 amide bonds. The fraction of sp³-hybridized carbons (Fsp3) is 0.833. The van der Waals surface area contributed by atoms with Gasteiger partial charge in [0, 0.05) is 18.9 Å². The third-order valence-corrected chi connectivity index (χ3v) is 3.14. The lowest BCUT2D eigenvalue weighted by molar-refractivity contribution is -0.330. The molecular formula is C12H20O6. The molecule has 1 rings (SSSR count). The van der Waals surface area contributed by atoms with Gasteiger partial charge in [-0.1, -0.05) is 6.92 Å². The van der Waals surface area contributed by atoms with Crippen molar-refractivity contribution in [2.24, 2.45) is 5.41 Å². The van der Waals surface area contributed by atoms with Crippen molar-refractivity contribution in [1.29, 1.82) is 0 Å². The Morgan fingerprint density at radius 1 is 1.28 bits per heavy atom. The Hall–Kier alpha value is -0.980. The van der Waals surface area contributed by atoms with Crippen molar-refractivity contribution in [3.63, 3.8) is 0 Å². The fourth-order valence-electron chi connectivity index (χ4n) is 1.86. The summed E-state index contributed by atoms with van der Waals surface area (Å²) < 4.78 is 20.1. The van der Waals surface area contributed by atoms with Crippen LogP contribution in [0.5, 0.6) is 0 Å². The lowest BCUT2D eigenvalue weighted by Gasteiger charge is -2.38. The van der Waals surface area contributed by atoms with Crippen molar-refractivity contribution in [3.8, 4) is 0 Å². The second kappa shape index (κ2) is 6.82. The molecule has 1 heterocycles. The van der Waals surface area contributed by atoms with E-state index in [1.54, 1.807) is 0 Å². The van der Waals surface area contributed by atoms with Gasteiger partial charge in [0.25, 0.3) is 6.48 Å². The molecule has 1 saturated heterocycles. The summed E-state index contributed by atoms with van der Waals surface area (Å²) in [5.41, 5.74) is -0.375. The van der Waals surface area contributed by atoms with Crippen LogP contribution in [0.3, 0.4) is 0 Å². The molecule has 0 unspecified atom stereocenters. The number of carbonyl (C=O) groups is 2. The van der Waals surface area contributed by atoms with Crippen molar-refractivity contribution in [2.45, 2.75) is 32.7 Å². The van der Waals surface area contributed by atoms with Gasteiger partial charge in [0.1, 0.15) is 12.2 Å². The van der Waals surface area contributed by atoms with Crippen molar-refractivity contribution in [2.75, 3.05) is 27.4 Å². The Kier molecular flexibility index (Phi) is 5.71. The second-order valence-electron chi connectivity index (χ2n) is 4.47. The van der Waals surface area contributed by atoms with E-state index in [-0.39, 0.29) is 24.0 Å². The van der Waals surface area contributed by atoms with E-state index in [4.69, 9.17) is 14.2 Å². The first-order chi connectivity index (χ1) is 8.55. The van der Waals surface area contributed by atoms with Crippen LogP contribution in [-0.4, -0.2) is 45.7 Å². The van der Waals surface area contributed by atoms with Crippen LogP contribution in [0.4, 0.5) is 0 Å². The zero-order valence-electron chi connectivity index (χ0n) is 11.1. The molecular weight excluding hydrogens is 240 g/mol. The van der Waals surface area contributed by atoms with E-state index >= 15 is 0 Å². The third-order valence-electron chi connectivity index (χ3n) is 3.14. The number of esters is 1. The van der Waals surface area contributed by atoms with Crippen molar-refractivity contribution >= 4 is 11.8 Å². The average molecular weight is 260 g/mol. The molecule has 0 bridgehead atoms. The summed E-state index contributed by atoms with van der Waals surface area (Å²) in [6.45, 7) is 2.06. The highest BCUT2D eigenvalue weighted by Gasteiger charge is 2.37. The molecule has 0 aromatic rings. The summed E-state index contributed by atoms with van der Waals surface area (Å²) in [4.78, 5) is 22.8. The van der Waals surface area contributed by atoms with Gasteiger partial charge in [-0.2, -0.15) is 0 Å².